The van der Waals surface area contributed by atoms with Gasteiger partial charge in [-0.15, -0.1) is 0 Å². The number of hydrogen-bond donors (Lipinski definition) is 1. The largest absolute Gasteiger partial charge is 0.378 e. The maximum atomic E-state index is 9.24. The molecule has 1 unspecified atom stereocenters. The van der Waals surface area contributed by atoms with Gasteiger partial charge in [-0.25, -0.2) is 0 Å². The van der Waals surface area contributed by atoms with Crippen LogP contribution in [0.5, 0.6) is 0 Å². The molecule has 12 heavy (non-hydrogen) atoms. The molecule has 4 nitrogen and oxygen atoms in total. The summed E-state index contributed by atoms with van der Waals surface area (Å²) in [6.45, 7) is 1.86. The van der Waals surface area contributed by atoms with E-state index in [0.29, 0.717) is 6.42 Å². The Balaban J connectivity index is 2.56. The second-order valence-corrected chi connectivity index (χ2v) is 3.01. The lowest BCUT2D eigenvalue weighted by Crippen LogP contribution is -2.48. The molecule has 1 heterocycles. The Kier molecular flexibility index (Phi) is 3.46. The van der Waals surface area contributed by atoms with E-state index in [1.807, 2.05) is 6.92 Å². The van der Waals surface area contributed by atoms with E-state index in [-0.39, 0.29) is 18.3 Å². The van der Waals surface area contributed by atoms with Gasteiger partial charge in [0.15, 0.2) is 6.29 Å². The zero-order valence-electron chi connectivity index (χ0n) is 7.69. The van der Waals surface area contributed by atoms with Crippen LogP contribution in [0.15, 0.2) is 0 Å². The second-order valence-electron chi connectivity index (χ2n) is 3.01. The fourth-order valence-corrected chi connectivity index (χ4v) is 1.59. The molecule has 0 radical (unpaired) electrons. The fraction of sp³-hybridized carbons (Fsp3) is 1.00. The lowest BCUT2D eigenvalue weighted by atomic mass is 10.0. The summed E-state index contributed by atoms with van der Waals surface area (Å²) >= 11 is 0. The Morgan fingerprint density at radius 3 is 2.50 bits per heavy atom. The van der Waals surface area contributed by atoms with Crippen LogP contribution in [-0.2, 0) is 14.2 Å². The van der Waals surface area contributed by atoms with Gasteiger partial charge in [0.1, 0.15) is 6.10 Å². The van der Waals surface area contributed by atoms with Gasteiger partial charge in [-0.2, -0.15) is 0 Å². The third-order valence-electron chi connectivity index (χ3n) is 2.21. The Morgan fingerprint density at radius 1 is 1.33 bits per heavy atom. The van der Waals surface area contributed by atoms with Gasteiger partial charge in [0.2, 0.25) is 0 Å². The molecule has 1 fully saturated rings. The molecular formula is C8H16O4. The first-order chi connectivity index (χ1) is 5.69. The average molecular weight is 176 g/mol. The van der Waals surface area contributed by atoms with Crippen LogP contribution in [-0.4, -0.2) is 43.9 Å². The first-order valence-electron chi connectivity index (χ1n) is 4.08. The molecule has 0 aromatic heterocycles. The fourth-order valence-electron chi connectivity index (χ4n) is 1.59. The minimum Gasteiger partial charge on any atom is -0.378 e. The van der Waals surface area contributed by atoms with Crippen LogP contribution in [0.25, 0.3) is 0 Å². The molecular weight excluding hydrogens is 160 g/mol. The van der Waals surface area contributed by atoms with Crippen molar-refractivity contribution in [1.82, 2.24) is 0 Å². The van der Waals surface area contributed by atoms with E-state index < -0.39 is 6.29 Å². The minimum absolute atomic E-state index is 0.0752. The average Bonchev–Trinajstić information content (AvgIpc) is 2.03. The molecule has 1 aliphatic rings. The van der Waals surface area contributed by atoms with Gasteiger partial charge in [0.05, 0.1) is 12.2 Å². The van der Waals surface area contributed by atoms with Crippen LogP contribution >= 0.6 is 0 Å². The van der Waals surface area contributed by atoms with Crippen molar-refractivity contribution in [3.8, 4) is 0 Å². The molecule has 0 spiro atoms. The Labute approximate surface area is 72.4 Å². The highest BCUT2D eigenvalue weighted by atomic mass is 16.6. The topological polar surface area (TPSA) is 47.9 Å². The normalized spacial score (nSPS) is 43.0. The summed E-state index contributed by atoms with van der Waals surface area (Å²) in [5.41, 5.74) is 0. The molecule has 0 aromatic rings. The number of rotatable bonds is 2. The molecule has 1 aliphatic heterocycles. The number of ether oxygens (including phenoxy) is 3. The van der Waals surface area contributed by atoms with E-state index in [1.54, 1.807) is 14.2 Å². The van der Waals surface area contributed by atoms with Crippen molar-refractivity contribution < 1.29 is 19.3 Å². The van der Waals surface area contributed by atoms with Gasteiger partial charge in [-0.3, -0.25) is 0 Å². The quantitative estimate of drug-likeness (QED) is 0.650. The van der Waals surface area contributed by atoms with Crippen LogP contribution in [0, 0.1) is 0 Å². The SMILES string of the molecule is CO[C@H]1[C@H](C)OC(O)C[C@@H]1OC. The van der Waals surface area contributed by atoms with Gasteiger partial charge in [-0.05, 0) is 6.92 Å². The Morgan fingerprint density at radius 2 is 2.00 bits per heavy atom. The van der Waals surface area contributed by atoms with Crippen LogP contribution in [0.3, 0.4) is 0 Å². The zero-order chi connectivity index (χ0) is 9.14. The summed E-state index contributed by atoms with van der Waals surface area (Å²) in [6, 6.07) is 0. The predicted octanol–water partition coefficient (Wildman–Crippen LogP) is 0.144. The van der Waals surface area contributed by atoms with Gasteiger partial charge < -0.3 is 19.3 Å². The summed E-state index contributed by atoms with van der Waals surface area (Å²) in [5, 5.41) is 9.24. The van der Waals surface area contributed by atoms with Crippen molar-refractivity contribution in [3.05, 3.63) is 0 Å². The van der Waals surface area contributed by atoms with Crippen molar-refractivity contribution in [2.75, 3.05) is 14.2 Å². The predicted molar refractivity (Wildman–Crippen MR) is 42.8 cm³/mol. The van der Waals surface area contributed by atoms with E-state index in [0.717, 1.165) is 0 Å². The Hall–Kier alpha value is -0.160. The lowest BCUT2D eigenvalue weighted by Gasteiger charge is -2.36. The first-order valence-corrected chi connectivity index (χ1v) is 4.08. The summed E-state index contributed by atoms with van der Waals surface area (Å²) in [6.07, 6.45) is -0.536. The van der Waals surface area contributed by atoms with Crippen molar-refractivity contribution in [3.63, 3.8) is 0 Å². The maximum absolute atomic E-state index is 9.24. The molecule has 0 saturated carbocycles. The van der Waals surface area contributed by atoms with Gasteiger partial charge in [0.25, 0.3) is 0 Å². The summed E-state index contributed by atoms with van der Waals surface area (Å²) in [7, 11) is 3.23. The number of methoxy groups -OCH3 is 2. The number of hydrogen-bond acceptors (Lipinski definition) is 4. The maximum Gasteiger partial charge on any atom is 0.157 e. The van der Waals surface area contributed by atoms with Gasteiger partial charge in [0, 0.05) is 20.6 Å². The molecule has 0 amide bonds. The molecule has 4 atom stereocenters. The van der Waals surface area contributed by atoms with Gasteiger partial charge in [-0.1, -0.05) is 0 Å². The Bertz CT molecular complexity index is 139. The van der Waals surface area contributed by atoms with Crippen LogP contribution < -0.4 is 0 Å². The zero-order valence-corrected chi connectivity index (χ0v) is 7.69. The van der Waals surface area contributed by atoms with Crippen molar-refractivity contribution in [2.24, 2.45) is 0 Å². The van der Waals surface area contributed by atoms with Gasteiger partial charge >= 0.3 is 0 Å². The summed E-state index contributed by atoms with van der Waals surface area (Å²) in [4.78, 5) is 0. The van der Waals surface area contributed by atoms with Crippen molar-refractivity contribution in [2.45, 2.75) is 37.9 Å². The summed E-state index contributed by atoms with van der Waals surface area (Å²) in [5.74, 6) is 0. The van der Waals surface area contributed by atoms with E-state index in [4.69, 9.17) is 14.2 Å². The minimum atomic E-state index is -0.726. The van der Waals surface area contributed by atoms with Crippen LogP contribution in [0.1, 0.15) is 13.3 Å². The van der Waals surface area contributed by atoms with Crippen molar-refractivity contribution >= 4 is 0 Å². The standard InChI is InChI=1S/C8H16O4/c1-5-8(11-3)6(10-2)4-7(9)12-5/h5-9H,4H2,1-3H3/t5-,6-,7?,8-/m0/s1. The summed E-state index contributed by atoms with van der Waals surface area (Å²) < 4.78 is 15.5. The smallest absolute Gasteiger partial charge is 0.157 e. The molecule has 0 aromatic carbocycles. The highest BCUT2D eigenvalue weighted by Gasteiger charge is 2.35. The second kappa shape index (κ2) is 4.18. The third kappa shape index (κ3) is 1.95. The third-order valence-corrected chi connectivity index (χ3v) is 2.21. The van der Waals surface area contributed by atoms with E-state index >= 15 is 0 Å². The molecule has 0 aliphatic carbocycles. The van der Waals surface area contributed by atoms with E-state index in [2.05, 4.69) is 0 Å². The van der Waals surface area contributed by atoms with E-state index in [9.17, 15) is 5.11 Å². The highest BCUT2D eigenvalue weighted by molar-refractivity contribution is 4.81. The number of aliphatic hydroxyl groups is 1. The highest BCUT2D eigenvalue weighted by Crippen LogP contribution is 2.22. The molecule has 1 N–H and O–H groups in total. The first kappa shape index (κ1) is 9.92. The lowest BCUT2D eigenvalue weighted by molar-refractivity contribution is -0.237. The number of aliphatic hydroxyl groups excluding tert-OH is 1. The molecule has 1 saturated heterocycles. The molecule has 4 heteroatoms. The monoisotopic (exact) mass is 176 g/mol. The van der Waals surface area contributed by atoms with Crippen molar-refractivity contribution in [1.29, 1.82) is 0 Å². The van der Waals surface area contributed by atoms with Crippen LogP contribution in [0.2, 0.25) is 0 Å². The molecule has 0 bridgehead atoms. The molecule has 1 rings (SSSR count). The van der Waals surface area contributed by atoms with Crippen LogP contribution in [0.4, 0.5) is 0 Å². The van der Waals surface area contributed by atoms with E-state index in [1.165, 1.54) is 0 Å². The molecule has 72 valence electrons.